The van der Waals surface area contributed by atoms with Gasteiger partial charge in [0.1, 0.15) is 0 Å². The fourth-order valence-electron chi connectivity index (χ4n) is 2.62. The van der Waals surface area contributed by atoms with Crippen LogP contribution in [0.3, 0.4) is 0 Å². The Bertz CT molecular complexity index is 1070. The topological polar surface area (TPSA) is 115 Å². The summed E-state index contributed by atoms with van der Waals surface area (Å²) in [6, 6.07) is 12.0. The predicted molar refractivity (Wildman–Crippen MR) is 112 cm³/mol. The molecule has 156 valence electrons. The molecule has 0 radical (unpaired) electrons. The summed E-state index contributed by atoms with van der Waals surface area (Å²) in [5, 5.41) is 14.1. The second-order valence-corrected chi connectivity index (χ2v) is 6.83. The Morgan fingerprint density at radius 2 is 1.87 bits per heavy atom. The van der Waals surface area contributed by atoms with Crippen LogP contribution in [0.1, 0.15) is 27.8 Å². The van der Waals surface area contributed by atoms with Gasteiger partial charge >= 0.3 is 0 Å². The Kier molecular flexibility index (Phi) is 6.58. The highest BCUT2D eigenvalue weighted by Gasteiger charge is 2.19. The number of halogens is 1. The SMILES string of the molecule is CCOc1c(Br)cc(C(=O)NNC(=O)c2nn(-c3ccccc3)cc2O)cc1OC. The van der Waals surface area contributed by atoms with Crippen LogP contribution in [0.15, 0.2) is 53.1 Å². The molecular weight excluding hydrogens is 456 g/mol. The molecule has 0 aliphatic heterocycles. The summed E-state index contributed by atoms with van der Waals surface area (Å²) in [7, 11) is 1.46. The first-order valence-electron chi connectivity index (χ1n) is 8.89. The zero-order valence-corrected chi connectivity index (χ0v) is 17.8. The third-order valence-corrected chi connectivity index (χ3v) is 4.59. The summed E-state index contributed by atoms with van der Waals surface area (Å²) < 4.78 is 12.6. The maximum Gasteiger partial charge on any atom is 0.294 e. The number of methoxy groups -OCH3 is 1. The molecule has 30 heavy (non-hydrogen) atoms. The van der Waals surface area contributed by atoms with Crippen LogP contribution in [0.5, 0.6) is 17.2 Å². The number of benzene rings is 2. The van der Waals surface area contributed by atoms with Crippen LogP contribution in [0.2, 0.25) is 0 Å². The first-order chi connectivity index (χ1) is 14.4. The van der Waals surface area contributed by atoms with E-state index in [9.17, 15) is 14.7 Å². The second-order valence-electron chi connectivity index (χ2n) is 5.97. The molecule has 0 saturated heterocycles. The lowest BCUT2D eigenvalue weighted by Gasteiger charge is -2.13. The average molecular weight is 475 g/mol. The zero-order chi connectivity index (χ0) is 21.7. The summed E-state index contributed by atoms with van der Waals surface area (Å²) in [6.45, 7) is 2.26. The Balaban J connectivity index is 1.71. The van der Waals surface area contributed by atoms with Crippen molar-refractivity contribution in [1.29, 1.82) is 0 Å². The molecule has 0 aliphatic rings. The summed E-state index contributed by atoms with van der Waals surface area (Å²) in [5.74, 6) is -0.852. The van der Waals surface area contributed by atoms with Crippen LogP contribution < -0.4 is 20.3 Å². The fourth-order valence-corrected chi connectivity index (χ4v) is 3.18. The number of nitrogens with one attached hydrogen (secondary N) is 2. The predicted octanol–water partition coefficient (Wildman–Crippen LogP) is 2.82. The second kappa shape index (κ2) is 9.31. The molecule has 0 aliphatic carbocycles. The lowest BCUT2D eigenvalue weighted by molar-refractivity contribution is 0.0841. The third kappa shape index (κ3) is 4.54. The summed E-state index contributed by atoms with van der Waals surface area (Å²) in [6.07, 6.45) is 1.31. The number of rotatable bonds is 6. The van der Waals surface area contributed by atoms with Gasteiger partial charge in [-0.2, -0.15) is 5.10 Å². The van der Waals surface area contributed by atoms with Crippen molar-refractivity contribution in [3.63, 3.8) is 0 Å². The van der Waals surface area contributed by atoms with Gasteiger partial charge in [-0.25, -0.2) is 4.68 Å². The van der Waals surface area contributed by atoms with Crippen molar-refractivity contribution in [2.24, 2.45) is 0 Å². The van der Waals surface area contributed by atoms with Crippen LogP contribution in [0, 0.1) is 0 Å². The highest BCUT2D eigenvalue weighted by molar-refractivity contribution is 9.10. The van der Waals surface area contributed by atoms with E-state index in [1.54, 1.807) is 24.3 Å². The van der Waals surface area contributed by atoms with Gasteiger partial charge in [-0.05, 0) is 47.1 Å². The molecule has 0 spiro atoms. The molecule has 0 unspecified atom stereocenters. The maximum absolute atomic E-state index is 12.5. The van der Waals surface area contributed by atoms with Gasteiger partial charge in [0.05, 0.1) is 30.1 Å². The molecule has 9 nitrogen and oxygen atoms in total. The lowest BCUT2D eigenvalue weighted by atomic mass is 10.2. The number of hydrazine groups is 1. The van der Waals surface area contributed by atoms with E-state index in [0.717, 1.165) is 0 Å². The average Bonchev–Trinajstić information content (AvgIpc) is 3.15. The van der Waals surface area contributed by atoms with Gasteiger partial charge < -0.3 is 14.6 Å². The maximum atomic E-state index is 12.5. The molecule has 0 fully saturated rings. The number of aromatic hydroxyl groups is 1. The summed E-state index contributed by atoms with van der Waals surface area (Å²) in [4.78, 5) is 24.8. The highest BCUT2D eigenvalue weighted by Crippen LogP contribution is 2.36. The molecule has 3 aromatic rings. The van der Waals surface area contributed by atoms with E-state index < -0.39 is 11.8 Å². The minimum absolute atomic E-state index is 0.224. The Hall–Kier alpha value is -3.53. The van der Waals surface area contributed by atoms with E-state index in [1.807, 2.05) is 13.0 Å². The van der Waals surface area contributed by atoms with E-state index in [0.29, 0.717) is 28.3 Å². The molecule has 2 aromatic carbocycles. The fraction of sp³-hybridized carbons (Fsp3) is 0.150. The van der Waals surface area contributed by atoms with Gasteiger partial charge in [0, 0.05) is 5.56 Å². The van der Waals surface area contributed by atoms with Gasteiger partial charge in [-0.3, -0.25) is 20.4 Å². The molecular formula is C20H19BrN4O5. The molecule has 3 rings (SSSR count). The van der Waals surface area contributed by atoms with Gasteiger partial charge in [-0.1, -0.05) is 18.2 Å². The first kappa shape index (κ1) is 21.2. The minimum Gasteiger partial charge on any atom is -0.504 e. The van der Waals surface area contributed by atoms with Crippen molar-refractivity contribution in [2.45, 2.75) is 6.92 Å². The number of hydrogen-bond acceptors (Lipinski definition) is 6. The number of ether oxygens (including phenoxy) is 2. The van der Waals surface area contributed by atoms with Crippen molar-refractivity contribution >= 4 is 27.7 Å². The number of amides is 2. The van der Waals surface area contributed by atoms with E-state index in [-0.39, 0.29) is 17.0 Å². The van der Waals surface area contributed by atoms with Crippen molar-refractivity contribution in [3.8, 4) is 22.9 Å². The molecule has 0 atom stereocenters. The normalized spacial score (nSPS) is 10.4. The number of carbonyl (C=O) groups excluding carboxylic acids is 2. The number of para-hydroxylation sites is 1. The zero-order valence-electron chi connectivity index (χ0n) is 16.2. The Morgan fingerprint density at radius 3 is 2.53 bits per heavy atom. The largest absolute Gasteiger partial charge is 0.504 e. The quantitative estimate of drug-likeness (QED) is 0.473. The van der Waals surface area contributed by atoms with E-state index in [4.69, 9.17) is 9.47 Å². The standard InChI is InChI=1S/C20H19BrN4O5/c1-3-30-18-14(21)9-12(10-16(18)29-2)19(27)22-23-20(28)17-15(26)11-25(24-17)13-7-5-4-6-8-13/h4-11,26H,3H2,1-2H3,(H,22,27)(H,23,28). The monoisotopic (exact) mass is 474 g/mol. The van der Waals surface area contributed by atoms with E-state index in [2.05, 4.69) is 31.9 Å². The summed E-state index contributed by atoms with van der Waals surface area (Å²) >= 11 is 3.34. The van der Waals surface area contributed by atoms with E-state index in [1.165, 1.54) is 30.1 Å². The molecule has 0 bridgehead atoms. The summed E-state index contributed by atoms with van der Waals surface area (Å²) in [5.41, 5.74) is 5.19. The van der Waals surface area contributed by atoms with Crippen LogP contribution in [0.25, 0.3) is 5.69 Å². The van der Waals surface area contributed by atoms with E-state index >= 15 is 0 Å². The smallest absolute Gasteiger partial charge is 0.294 e. The number of carbonyl (C=O) groups is 2. The van der Waals surface area contributed by atoms with Gasteiger partial charge in [0.2, 0.25) is 0 Å². The van der Waals surface area contributed by atoms with Crippen LogP contribution in [-0.4, -0.2) is 40.4 Å². The Morgan fingerprint density at radius 1 is 1.17 bits per heavy atom. The Labute approximate surface area is 180 Å². The lowest BCUT2D eigenvalue weighted by Crippen LogP contribution is -2.41. The number of hydrogen-bond donors (Lipinski definition) is 3. The number of aromatic nitrogens is 2. The highest BCUT2D eigenvalue weighted by atomic mass is 79.9. The van der Waals surface area contributed by atoms with Crippen LogP contribution >= 0.6 is 15.9 Å². The minimum atomic E-state index is -0.771. The molecule has 1 aromatic heterocycles. The van der Waals surface area contributed by atoms with Crippen molar-refractivity contribution in [2.75, 3.05) is 13.7 Å². The first-order valence-corrected chi connectivity index (χ1v) is 9.69. The molecule has 10 heteroatoms. The molecule has 0 saturated carbocycles. The molecule has 3 N–H and O–H groups in total. The van der Waals surface area contributed by atoms with Crippen molar-refractivity contribution in [3.05, 3.63) is 64.4 Å². The van der Waals surface area contributed by atoms with Crippen LogP contribution in [0.4, 0.5) is 0 Å². The number of nitrogens with zero attached hydrogens (tertiary/aromatic N) is 2. The third-order valence-electron chi connectivity index (χ3n) is 4.00. The molecule has 2 amide bonds. The van der Waals surface area contributed by atoms with Gasteiger partial charge in [-0.15, -0.1) is 0 Å². The van der Waals surface area contributed by atoms with Crippen LogP contribution in [-0.2, 0) is 0 Å². The van der Waals surface area contributed by atoms with Gasteiger partial charge in [0.15, 0.2) is 22.9 Å². The van der Waals surface area contributed by atoms with Gasteiger partial charge in [0.25, 0.3) is 11.8 Å². The van der Waals surface area contributed by atoms with Crippen molar-refractivity contribution < 1.29 is 24.2 Å². The van der Waals surface area contributed by atoms with Crippen molar-refractivity contribution in [1.82, 2.24) is 20.6 Å². The molecule has 1 heterocycles.